The Labute approximate surface area is 132 Å². The lowest BCUT2D eigenvalue weighted by Gasteiger charge is -2.14. The Bertz CT molecular complexity index is 613. The molecule has 0 aliphatic rings. The van der Waals surface area contributed by atoms with E-state index in [2.05, 4.69) is 15.9 Å². The van der Waals surface area contributed by atoms with E-state index in [1.54, 1.807) is 6.07 Å². The molecule has 0 saturated carbocycles. The van der Waals surface area contributed by atoms with Crippen molar-refractivity contribution in [3.05, 3.63) is 65.2 Å². The van der Waals surface area contributed by atoms with Crippen LogP contribution in [0.3, 0.4) is 0 Å². The van der Waals surface area contributed by atoms with E-state index >= 15 is 0 Å². The van der Waals surface area contributed by atoms with Gasteiger partial charge in [-0.15, -0.1) is 0 Å². The van der Waals surface area contributed by atoms with Gasteiger partial charge in [0, 0.05) is 4.83 Å². The van der Waals surface area contributed by atoms with Crippen LogP contribution in [0, 0.1) is 11.6 Å². The normalized spacial score (nSPS) is 12.5. The monoisotopic (exact) mass is 354 g/mol. The molecule has 2 aromatic carbocycles. The second-order valence-corrected chi connectivity index (χ2v) is 6.26. The van der Waals surface area contributed by atoms with Gasteiger partial charge in [-0.2, -0.15) is 0 Å². The maximum absolute atomic E-state index is 13.2. The zero-order valence-electron chi connectivity index (χ0n) is 11.9. The first-order valence-electron chi connectivity index (χ1n) is 6.80. The highest BCUT2D eigenvalue weighted by Gasteiger charge is 2.11. The van der Waals surface area contributed by atoms with E-state index in [4.69, 9.17) is 4.74 Å². The number of alkyl halides is 1. The van der Waals surface area contributed by atoms with Crippen LogP contribution in [0.5, 0.6) is 5.75 Å². The topological polar surface area (TPSA) is 9.23 Å². The molecule has 0 fully saturated rings. The fourth-order valence-corrected chi connectivity index (χ4v) is 2.70. The van der Waals surface area contributed by atoms with E-state index in [1.165, 1.54) is 6.07 Å². The van der Waals surface area contributed by atoms with Crippen LogP contribution < -0.4 is 4.74 Å². The molecule has 0 radical (unpaired) electrons. The summed E-state index contributed by atoms with van der Waals surface area (Å²) in [4.78, 5) is 0.0121. The lowest BCUT2D eigenvalue weighted by Crippen LogP contribution is -2.06. The molecule has 0 saturated heterocycles. The third kappa shape index (κ3) is 4.53. The van der Waals surface area contributed by atoms with Crippen LogP contribution in [-0.2, 0) is 6.42 Å². The minimum absolute atomic E-state index is 0.0121. The molecule has 1 unspecified atom stereocenters. The minimum atomic E-state index is -0.822. The molecule has 21 heavy (non-hydrogen) atoms. The van der Waals surface area contributed by atoms with Crippen LogP contribution in [0.2, 0.25) is 0 Å². The average Bonchev–Trinajstić information content (AvgIpc) is 2.42. The van der Waals surface area contributed by atoms with E-state index in [9.17, 15) is 8.78 Å². The fraction of sp³-hybridized carbons (Fsp3) is 0.294. The first-order valence-corrected chi connectivity index (χ1v) is 7.72. The van der Waals surface area contributed by atoms with Gasteiger partial charge >= 0.3 is 0 Å². The number of rotatable bonds is 5. The molecular weight excluding hydrogens is 338 g/mol. The fourth-order valence-electron chi connectivity index (χ4n) is 2.05. The number of hydrogen-bond acceptors (Lipinski definition) is 1. The van der Waals surface area contributed by atoms with E-state index < -0.39 is 11.6 Å². The van der Waals surface area contributed by atoms with Crippen molar-refractivity contribution >= 4 is 15.9 Å². The van der Waals surface area contributed by atoms with Crippen molar-refractivity contribution in [1.82, 2.24) is 0 Å². The molecule has 2 rings (SSSR count). The van der Waals surface area contributed by atoms with E-state index in [-0.39, 0.29) is 10.9 Å². The van der Waals surface area contributed by atoms with Gasteiger partial charge in [-0.1, -0.05) is 34.1 Å². The largest absolute Gasteiger partial charge is 0.491 e. The van der Waals surface area contributed by atoms with Gasteiger partial charge in [-0.3, -0.25) is 0 Å². The molecule has 0 aliphatic heterocycles. The summed E-state index contributed by atoms with van der Waals surface area (Å²) in [7, 11) is 0. The molecule has 0 amide bonds. The summed E-state index contributed by atoms with van der Waals surface area (Å²) in [6.07, 6.45) is 0.683. The Hall–Kier alpha value is -1.42. The van der Waals surface area contributed by atoms with Gasteiger partial charge in [0.25, 0.3) is 0 Å². The van der Waals surface area contributed by atoms with Crippen molar-refractivity contribution in [3.63, 3.8) is 0 Å². The molecule has 0 aromatic heterocycles. The van der Waals surface area contributed by atoms with Crippen LogP contribution in [0.1, 0.15) is 29.8 Å². The summed E-state index contributed by atoms with van der Waals surface area (Å²) < 4.78 is 31.8. The first-order chi connectivity index (χ1) is 9.95. The molecule has 0 bridgehead atoms. The zero-order valence-corrected chi connectivity index (χ0v) is 13.5. The van der Waals surface area contributed by atoms with Crippen molar-refractivity contribution in [2.45, 2.75) is 31.2 Å². The Morgan fingerprint density at radius 1 is 1.05 bits per heavy atom. The van der Waals surface area contributed by atoms with Crippen LogP contribution in [0.25, 0.3) is 0 Å². The molecule has 0 heterocycles. The van der Waals surface area contributed by atoms with Crippen LogP contribution in [-0.4, -0.2) is 6.10 Å². The molecule has 2 aromatic rings. The molecule has 4 heteroatoms. The second-order valence-electron chi connectivity index (χ2n) is 5.16. The third-order valence-electron chi connectivity index (χ3n) is 2.99. The summed E-state index contributed by atoms with van der Waals surface area (Å²) >= 11 is 3.59. The predicted molar refractivity (Wildman–Crippen MR) is 83.9 cm³/mol. The van der Waals surface area contributed by atoms with Gasteiger partial charge in [0.1, 0.15) is 5.75 Å². The maximum atomic E-state index is 13.2. The van der Waals surface area contributed by atoms with Gasteiger partial charge in [0.05, 0.1) is 6.10 Å². The average molecular weight is 355 g/mol. The van der Waals surface area contributed by atoms with E-state index in [0.717, 1.165) is 22.9 Å². The number of hydrogen-bond donors (Lipinski definition) is 0. The Morgan fingerprint density at radius 2 is 1.81 bits per heavy atom. The van der Waals surface area contributed by atoms with Crippen LogP contribution in [0.15, 0.2) is 42.5 Å². The highest BCUT2D eigenvalue weighted by molar-refractivity contribution is 9.09. The Balaban J connectivity index is 2.12. The molecule has 112 valence electrons. The maximum Gasteiger partial charge on any atom is 0.159 e. The highest BCUT2D eigenvalue weighted by atomic mass is 79.9. The Morgan fingerprint density at radius 3 is 2.48 bits per heavy atom. The third-order valence-corrected chi connectivity index (χ3v) is 3.84. The predicted octanol–water partition coefficient (Wildman–Crippen LogP) is 5.43. The number of ether oxygens (including phenoxy) is 1. The molecule has 0 N–H and O–H groups in total. The van der Waals surface area contributed by atoms with Crippen molar-refractivity contribution in [2.24, 2.45) is 0 Å². The standard InChI is InChI=1S/C17H17BrF2O/c1-11(2)21-14-5-3-4-13(10-14)15(18)8-12-6-7-16(19)17(20)9-12/h3-7,9-11,15H,8H2,1-2H3. The second kappa shape index (κ2) is 7.03. The molecule has 0 spiro atoms. The van der Waals surface area contributed by atoms with Gasteiger partial charge < -0.3 is 4.74 Å². The van der Waals surface area contributed by atoms with E-state index in [0.29, 0.717) is 6.42 Å². The smallest absolute Gasteiger partial charge is 0.159 e. The molecular formula is C17H17BrF2O. The Kier molecular flexibility index (Phi) is 5.34. The quantitative estimate of drug-likeness (QED) is 0.650. The van der Waals surface area contributed by atoms with Crippen molar-refractivity contribution in [1.29, 1.82) is 0 Å². The minimum Gasteiger partial charge on any atom is -0.491 e. The summed E-state index contributed by atoms with van der Waals surface area (Å²) in [6, 6.07) is 11.8. The number of benzene rings is 2. The molecule has 0 aliphatic carbocycles. The summed E-state index contributed by atoms with van der Waals surface area (Å²) in [6.45, 7) is 3.94. The lowest BCUT2D eigenvalue weighted by atomic mass is 10.0. The van der Waals surface area contributed by atoms with Crippen molar-refractivity contribution in [2.75, 3.05) is 0 Å². The molecule has 1 nitrogen and oxygen atoms in total. The van der Waals surface area contributed by atoms with Crippen molar-refractivity contribution in [3.8, 4) is 5.75 Å². The highest BCUT2D eigenvalue weighted by Crippen LogP contribution is 2.30. The SMILES string of the molecule is CC(C)Oc1cccc(C(Br)Cc2ccc(F)c(F)c2)c1. The van der Waals surface area contributed by atoms with Gasteiger partial charge in [-0.05, 0) is 55.7 Å². The zero-order chi connectivity index (χ0) is 15.4. The van der Waals surface area contributed by atoms with Gasteiger partial charge in [0.2, 0.25) is 0 Å². The van der Waals surface area contributed by atoms with Crippen molar-refractivity contribution < 1.29 is 13.5 Å². The van der Waals surface area contributed by atoms with Gasteiger partial charge in [-0.25, -0.2) is 8.78 Å². The summed E-state index contributed by atoms with van der Waals surface area (Å²) in [5.74, 6) is -0.835. The van der Waals surface area contributed by atoms with Gasteiger partial charge in [0.15, 0.2) is 11.6 Å². The van der Waals surface area contributed by atoms with Crippen LogP contribution in [0.4, 0.5) is 8.78 Å². The lowest BCUT2D eigenvalue weighted by molar-refractivity contribution is 0.242. The van der Waals surface area contributed by atoms with E-state index in [1.807, 2.05) is 38.1 Å². The summed E-state index contributed by atoms with van der Waals surface area (Å²) in [5.41, 5.74) is 1.78. The first kappa shape index (κ1) is 16.0. The summed E-state index contributed by atoms with van der Waals surface area (Å²) in [5, 5.41) is 0. The molecule has 1 atom stereocenters. The van der Waals surface area contributed by atoms with Crippen LogP contribution >= 0.6 is 15.9 Å². The number of halogens is 3.